The summed E-state index contributed by atoms with van der Waals surface area (Å²) in [7, 11) is -3.49. The average Bonchev–Trinajstić information content (AvgIpc) is 2.39. The zero-order valence-corrected chi connectivity index (χ0v) is 11.4. The van der Waals surface area contributed by atoms with Gasteiger partial charge in [-0.3, -0.25) is 0 Å². The van der Waals surface area contributed by atoms with Crippen LogP contribution >= 0.6 is 0 Å². The molecule has 0 aromatic heterocycles. The van der Waals surface area contributed by atoms with Crippen molar-refractivity contribution in [1.29, 1.82) is 0 Å². The first-order valence-corrected chi connectivity index (χ1v) is 7.85. The molecule has 0 fully saturated rings. The standard InChI is InChI=1S/C14H17NO3S/c16-15-13-10-6-1-2-7-11-14(13)19(17,18)12-8-4-3-5-9-12/h1-5,8-9,14,16H,6-7,10-11H2/b2-1?,15-13-/t14-/m0/s1. The smallest absolute Gasteiger partial charge is 0.186 e. The van der Waals surface area contributed by atoms with E-state index < -0.39 is 15.1 Å². The Labute approximate surface area is 113 Å². The molecule has 1 aliphatic rings. The third-order valence-corrected chi connectivity index (χ3v) is 5.46. The molecular weight excluding hydrogens is 262 g/mol. The van der Waals surface area contributed by atoms with Crippen molar-refractivity contribution in [1.82, 2.24) is 0 Å². The van der Waals surface area contributed by atoms with Crippen molar-refractivity contribution in [2.45, 2.75) is 35.8 Å². The van der Waals surface area contributed by atoms with Crippen molar-refractivity contribution in [3.8, 4) is 0 Å². The first-order valence-electron chi connectivity index (χ1n) is 6.31. The molecule has 0 saturated heterocycles. The van der Waals surface area contributed by atoms with Gasteiger partial charge in [-0.2, -0.15) is 0 Å². The van der Waals surface area contributed by atoms with Gasteiger partial charge in [0.25, 0.3) is 0 Å². The predicted molar refractivity (Wildman–Crippen MR) is 74.2 cm³/mol. The maximum atomic E-state index is 12.6. The molecule has 5 heteroatoms. The van der Waals surface area contributed by atoms with Gasteiger partial charge in [-0.1, -0.05) is 35.5 Å². The number of nitrogens with zero attached hydrogens (tertiary/aromatic N) is 1. The highest BCUT2D eigenvalue weighted by molar-refractivity contribution is 7.92. The Morgan fingerprint density at radius 2 is 1.79 bits per heavy atom. The molecule has 19 heavy (non-hydrogen) atoms. The Kier molecular flexibility index (Phi) is 4.37. The molecule has 1 N–H and O–H groups in total. The molecule has 1 aliphatic carbocycles. The van der Waals surface area contributed by atoms with E-state index in [-0.39, 0.29) is 4.90 Å². The lowest BCUT2D eigenvalue weighted by molar-refractivity contribution is 0.316. The van der Waals surface area contributed by atoms with E-state index in [9.17, 15) is 8.42 Å². The first-order chi connectivity index (χ1) is 9.16. The van der Waals surface area contributed by atoms with Gasteiger partial charge in [-0.25, -0.2) is 8.42 Å². The lowest BCUT2D eigenvalue weighted by Gasteiger charge is -2.19. The zero-order chi connectivity index (χ0) is 13.7. The van der Waals surface area contributed by atoms with Crippen molar-refractivity contribution in [3.63, 3.8) is 0 Å². The molecular formula is C14H17NO3S. The summed E-state index contributed by atoms with van der Waals surface area (Å²) in [6.45, 7) is 0. The van der Waals surface area contributed by atoms with Gasteiger partial charge in [0, 0.05) is 0 Å². The topological polar surface area (TPSA) is 66.7 Å². The van der Waals surface area contributed by atoms with Gasteiger partial charge in [-0.15, -0.1) is 0 Å². The minimum atomic E-state index is -3.49. The summed E-state index contributed by atoms with van der Waals surface area (Å²) < 4.78 is 25.2. The van der Waals surface area contributed by atoms with Crippen LogP contribution in [0.2, 0.25) is 0 Å². The maximum absolute atomic E-state index is 12.6. The van der Waals surface area contributed by atoms with E-state index in [2.05, 4.69) is 5.16 Å². The lowest BCUT2D eigenvalue weighted by atomic mass is 10.0. The largest absolute Gasteiger partial charge is 0.411 e. The summed E-state index contributed by atoms with van der Waals surface area (Å²) in [5.41, 5.74) is 0.355. The van der Waals surface area contributed by atoms with Crippen molar-refractivity contribution in [2.75, 3.05) is 0 Å². The van der Waals surface area contributed by atoms with E-state index in [0.717, 1.165) is 0 Å². The number of allylic oxidation sites excluding steroid dienone is 2. The fraction of sp³-hybridized carbons (Fsp3) is 0.357. The first kappa shape index (κ1) is 13.8. The third kappa shape index (κ3) is 3.04. The summed E-state index contributed by atoms with van der Waals surface area (Å²) in [4.78, 5) is 0.283. The Bertz CT molecular complexity index is 576. The van der Waals surface area contributed by atoms with Crippen LogP contribution in [0.4, 0.5) is 0 Å². The van der Waals surface area contributed by atoms with E-state index in [1.807, 2.05) is 12.2 Å². The summed E-state index contributed by atoms with van der Waals surface area (Å²) in [6, 6.07) is 8.34. The molecule has 102 valence electrons. The van der Waals surface area contributed by atoms with E-state index in [4.69, 9.17) is 5.21 Å². The quantitative estimate of drug-likeness (QED) is 0.514. The summed E-state index contributed by atoms with van der Waals surface area (Å²) in [5.74, 6) is 0. The molecule has 1 aromatic carbocycles. The van der Waals surface area contributed by atoms with E-state index >= 15 is 0 Å². The molecule has 1 aromatic rings. The summed E-state index contributed by atoms with van der Waals surface area (Å²) in [5, 5.41) is 11.6. The van der Waals surface area contributed by atoms with Gasteiger partial charge in [0.2, 0.25) is 0 Å². The van der Waals surface area contributed by atoms with Crippen LogP contribution in [0.3, 0.4) is 0 Å². The molecule has 0 bridgehead atoms. The highest BCUT2D eigenvalue weighted by Crippen LogP contribution is 2.24. The number of hydrogen-bond acceptors (Lipinski definition) is 4. The summed E-state index contributed by atoms with van der Waals surface area (Å²) >= 11 is 0. The second kappa shape index (κ2) is 6.02. The van der Waals surface area contributed by atoms with Gasteiger partial charge in [0.1, 0.15) is 5.25 Å². The van der Waals surface area contributed by atoms with Gasteiger partial charge in [0.05, 0.1) is 10.6 Å². The molecule has 0 heterocycles. The van der Waals surface area contributed by atoms with Gasteiger partial charge < -0.3 is 5.21 Å². The maximum Gasteiger partial charge on any atom is 0.186 e. The van der Waals surface area contributed by atoms with E-state index in [1.54, 1.807) is 30.3 Å². The number of sulfone groups is 1. The van der Waals surface area contributed by atoms with Crippen molar-refractivity contribution >= 4 is 15.5 Å². The van der Waals surface area contributed by atoms with Crippen LogP contribution in [0.25, 0.3) is 0 Å². The van der Waals surface area contributed by atoms with Gasteiger partial charge in [-0.05, 0) is 37.8 Å². The monoisotopic (exact) mass is 279 g/mol. The molecule has 1 atom stereocenters. The number of oxime groups is 1. The van der Waals surface area contributed by atoms with E-state index in [0.29, 0.717) is 31.4 Å². The van der Waals surface area contributed by atoms with Crippen LogP contribution < -0.4 is 0 Å². The highest BCUT2D eigenvalue weighted by atomic mass is 32.2. The molecule has 0 spiro atoms. The van der Waals surface area contributed by atoms with Crippen molar-refractivity contribution < 1.29 is 13.6 Å². The van der Waals surface area contributed by atoms with Crippen LogP contribution in [0.15, 0.2) is 52.5 Å². The SMILES string of the molecule is O=S(=O)(c1ccccc1)[C@H]1CCC=CCC/C1=N/O. The van der Waals surface area contributed by atoms with Crippen LogP contribution in [-0.2, 0) is 9.84 Å². The average molecular weight is 279 g/mol. The predicted octanol–water partition coefficient (Wildman–Crippen LogP) is 2.79. The molecule has 2 rings (SSSR count). The van der Waals surface area contributed by atoms with Crippen LogP contribution in [0.5, 0.6) is 0 Å². The van der Waals surface area contributed by atoms with Crippen LogP contribution in [0, 0.1) is 0 Å². The highest BCUT2D eigenvalue weighted by Gasteiger charge is 2.31. The zero-order valence-electron chi connectivity index (χ0n) is 10.6. The van der Waals surface area contributed by atoms with Crippen LogP contribution in [-0.4, -0.2) is 24.6 Å². The second-order valence-corrected chi connectivity index (χ2v) is 6.66. The van der Waals surface area contributed by atoms with Gasteiger partial charge >= 0.3 is 0 Å². The molecule has 0 saturated carbocycles. The fourth-order valence-corrected chi connectivity index (χ4v) is 4.10. The number of rotatable bonds is 2. The summed E-state index contributed by atoms with van der Waals surface area (Å²) in [6.07, 6.45) is 6.30. The normalized spacial score (nSPS) is 22.9. The van der Waals surface area contributed by atoms with Crippen molar-refractivity contribution in [3.05, 3.63) is 42.5 Å². The van der Waals surface area contributed by atoms with E-state index in [1.165, 1.54) is 0 Å². The molecule has 0 unspecified atom stereocenters. The molecule has 0 amide bonds. The lowest BCUT2D eigenvalue weighted by Crippen LogP contribution is -2.31. The Morgan fingerprint density at radius 3 is 2.47 bits per heavy atom. The molecule has 4 nitrogen and oxygen atoms in total. The Morgan fingerprint density at radius 1 is 1.11 bits per heavy atom. The van der Waals surface area contributed by atoms with Crippen molar-refractivity contribution in [2.24, 2.45) is 5.16 Å². The molecule has 0 radical (unpaired) electrons. The van der Waals surface area contributed by atoms with Gasteiger partial charge in [0.15, 0.2) is 9.84 Å². The second-order valence-electron chi connectivity index (χ2n) is 4.53. The Balaban J connectivity index is 2.39. The number of hydrogen-bond donors (Lipinski definition) is 1. The minimum Gasteiger partial charge on any atom is -0.411 e. The van der Waals surface area contributed by atoms with Crippen LogP contribution in [0.1, 0.15) is 25.7 Å². The third-order valence-electron chi connectivity index (χ3n) is 3.28. The Hall–Kier alpha value is -1.62. The minimum absolute atomic E-state index is 0.283. The fourth-order valence-electron chi connectivity index (χ4n) is 2.27. The molecule has 0 aliphatic heterocycles. The number of benzene rings is 1.